The zero-order chi connectivity index (χ0) is 15.6. The number of thiophene rings is 1. The van der Waals surface area contributed by atoms with Gasteiger partial charge in [-0.25, -0.2) is 17.9 Å². The molecular formula is C12H9BrINO4S2. The predicted octanol–water partition coefficient (Wildman–Crippen LogP) is 3.29. The number of carboxylic acids is 1. The maximum absolute atomic E-state index is 12.2. The van der Waals surface area contributed by atoms with E-state index in [0.29, 0.717) is 3.57 Å². The van der Waals surface area contributed by atoms with Gasteiger partial charge in [-0.05, 0) is 62.8 Å². The van der Waals surface area contributed by atoms with Crippen LogP contribution >= 0.6 is 49.9 Å². The van der Waals surface area contributed by atoms with Gasteiger partial charge in [0.15, 0.2) is 0 Å². The molecular weight excluding hydrogens is 493 g/mol. The number of rotatable bonds is 5. The van der Waals surface area contributed by atoms with Crippen LogP contribution in [0.1, 0.15) is 15.2 Å². The third-order valence-electron chi connectivity index (χ3n) is 2.54. The van der Waals surface area contributed by atoms with Gasteiger partial charge in [-0.2, -0.15) is 0 Å². The predicted molar refractivity (Wildman–Crippen MR) is 92.2 cm³/mol. The van der Waals surface area contributed by atoms with E-state index in [4.69, 9.17) is 5.11 Å². The molecule has 0 radical (unpaired) electrons. The molecule has 0 saturated heterocycles. The lowest BCUT2D eigenvalue weighted by Gasteiger charge is -2.07. The van der Waals surface area contributed by atoms with Gasteiger partial charge in [0.2, 0.25) is 10.0 Å². The van der Waals surface area contributed by atoms with E-state index in [0.717, 1.165) is 15.4 Å². The van der Waals surface area contributed by atoms with Crippen LogP contribution in [-0.2, 0) is 16.6 Å². The Morgan fingerprint density at radius 1 is 1.38 bits per heavy atom. The first kappa shape index (κ1) is 16.9. The molecule has 1 aromatic carbocycles. The Bertz CT molecular complexity index is 788. The average molecular weight is 502 g/mol. The van der Waals surface area contributed by atoms with E-state index in [1.165, 1.54) is 23.5 Å². The maximum Gasteiger partial charge on any atom is 0.336 e. The molecule has 0 spiro atoms. The molecule has 2 rings (SSSR count). The summed E-state index contributed by atoms with van der Waals surface area (Å²) in [6.45, 7) is 0.160. The summed E-state index contributed by atoms with van der Waals surface area (Å²) in [6, 6.07) is 5.85. The van der Waals surface area contributed by atoms with Gasteiger partial charge in [0.05, 0.1) is 10.5 Å². The maximum atomic E-state index is 12.2. The van der Waals surface area contributed by atoms with Gasteiger partial charge in [0, 0.05) is 24.8 Å². The molecule has 0 aliphatic rings. The zero-order valence-electron chi connectivity index (χ0n) is 10.3. The summed E-state index contributed by atoms with van der Waals surface area (Å²) in [6.07, 6.45) is 0. The standard InChI is InChI=1S/C12H9BrINO4S2/c13-7-3-8(20-6-7)5-15-21(18,19)9-1-2-11(14)10(4-9)12(16)17/h1-4,6,15H,5H2,(H,16,17). The molecule has 21 heavy (non-hydrogen) atoms. The smallest absolute Gasteiger partial charge is 0.336 e. The number of benzene rings is 1. The van der Waals surface area contributed by atoms with Crippen molar-refractivity contribution in [2.75, 3.05) is 0 Å². The number of aromatic carboxylic acids is 1. The van der Waals surface area contributed by atoms with Crippen LogP contribution < -0.4 is 4.72 Å². The fourth-order valence-electron chi connectivity index (χ4n) is 1.53. The topological polar surface area (TPSA) is 83.5 Å². The van der Waals surface area contributed by atoms with E-state index < -0.39 is 16.0 Å². The van der Waals surface area contributed by atoms with E-state index in [1.54, 1.807) is 0 Å². The van der Waals surface area contributed by atoms with Crippen LogP contribution in [0, 0.1) is 3.57 Å². The SMILES string of the molecule is O=C(O)c1cc(S(=O)(=O)NCc2cc(Br)cs2)ccc1I. The Balaban J connectivity index is 2.23. The minimum atomic E-state index is -3.75. The van der Waals surface area contributed by atoms with Crippen LogP contribution in [0.4, 0.5) is 0 Å². The monoisotopic (exact) mass is 501 g/mol. The first-order valence-corrected chi connectivity index (χ1v) is 9.78. The molecule has 0 aliphatic carbocycles. The van der Waals surface area contributed by atoms with Crippen molar-refractivity contribution in [1.29, 1.82) is 0 Å². The van der Waals surface area contributed by atoms with Gasteiger partial charge in [-0.15, -0.1) is 11.3 Å². The van der Waals surface area contributed by atoms with Crippen LogP contribution in [0.25, 0.3) is 0 Å². The van der Waals surface area contributed by atoms with E-state index in [-0.39, 0.29) is 17.0 Å². The number of hydrogen-bond donors (Lipinski definition) is 2. The zero-order valence-corrected chi connectivity index (χ0v) is 15.7. The summed E-state index contributed by atoms with van der Waals surface area (Å²) < 4.78 is 28.2. The van der Waals surface area contributed by atoms with E-state index in [1.807, 2.05) is 34.0 Å². The van der Waals surface area contributed by atoms with E-state index >= 15 is 0 Å². The van der Waals surface area contributed by atoms with Gasteiger partial charge in [0.25, 0.3) is 0 Å². The Morgan fingerprint density at radius 3 is 2.67 bits per heavy atom. The third-order valence-corrected chi connectivity index (χ3v) is 6.57. The van der Waals surface area contributed by atoms with Crippen molar-refractivity contribution in [3.8, 4) is 0 Å². The number of hydrogen-bond acceptors (Lipinski definition) is 4. The van der Waals surface area contributed by atoms with Gasteiger partial charge in [0.1, 0.15) is 0 Å². The second-order valence-corrected chi connectivity index (χ2v) is 8.84. The Hall–Kier alpha value is -0.490. The molecule has 112 valence electrons. The van der Waals surface area contributed by atoms with E-state index in [9.17, 15) is 13.2 Å². The molecule has 2 N–H and O–H groups in total. The molecule has 2 aromatic rings. The molecule has 0 unspecified atom stereocenters. The molecule has 9 heteroatoms. The number of halogens is 2. The summed E-state index contributed by atoms with van der Waals surface area (Å²) in [5.41, 5.74) is -0.0302. The van der Waals surface area contributed by atoms with Crippen molar-refractivity contribution in [2.24, 2.45) is 0 Å². The molecule has 0 fully saturated rings. The molecule has 0 aliphatic heterocycles. The molecule has 0 atom stereocenters. The summed E-state index contributed by atoms with van der Waals surface area (Å²) in [4.78, 5) is 11.9. The Labute approximate surface area is 147 Å². The first-order valence-electron chi connectivity index (χ1n) is 5.55. The molecule has 0 bridgehead atoms. The van der Waals surface area contributed by atoms with Gasteiger partial charge in [-0.1, -0.05) is 0 Å². The van der Waals surface area contributed by atoms with Crippen molar-refractivity contribution in [3.05, 3.63) is 48.1 Å². The summed E-state index contributed by atoms with van der Waals surface area (Å²) in [5, 5.41) is 10.9. The van der Waals surface area contributed by atoms with Crippen molar-refractivity contribution >= 4 is 65.9 Å². The third kappa shape index (κ3) is 4.25. The van der Waals surface area contributed by atoms with Crippen molar-refractivity contribution in [2.45, 2.75) is 11.4 Å². The molecule has 0 saturated carbocycles. The lowest BCUT2D eigenvalue weighted by molar-refractivity contribution is 0.0695. The van der Waals surface area contributed by atoms with Crippen LogP contribution in [-0.4, -0.2) is 19.5 Å². The van der Waals surface area contributed by atoms with Gasteiger partial charge in [-0.3, -0.25) is 0 Å². The lowest BCUT2D eigenvalue weighted by atomic mass is 10.2. The van der Waals surface area contributed by atoms with Crippen LogP contribution in [0.3, 0.4) is 0 Å². The Kier molecular flexibility index (Phi) is 5.41. The molecule has 0 amide bonds. The fourth-order valence-corrected chi connectivity index (χ4v) is 4.61. The highest BCUT2D eigenvalue weighted by Crippen LogP contribution is 2.21. The largest absolute Gasteiger partial charge is 0.478 e. The number of carbonyl (C=O) groups is 1. The second kappa shape index (κ2) is 6.73. The molecule has 1 heterocycles. The lowest BCUT2D eigenvalue weighted by Crippen LogP contribution is -2.23. The van der Waals surface area contributed by atoms with Crippen LogP contribution in [0.5, 0.6) is 0 Å². The number of carboxylic acid groups (broad SMARTS) is 1. The normalized spacial score (nSPS) is 11.5. The first-order chi connectivity index (χ1) is 9.79. The molecule has 1 aromatic heterocycles. The minimum Gasteiger partial charge on any atom is -0.478 e. The summed E-state index contributed by atoms with van der Waals surface area (Å²) >= 11 is 6.58. The van der Waals surface area contributed by atoms with Gasteiger partial charge >= 0.3 is 5.97 Å². The minimum absolute atomic E-state index is 0.0302. The van der Waals surface area contributed by atoms with Crippen molar-refractivity contribution in [1.82, 2.24) is 4.72 Å². The Morgan fingerprint density at radius 2 is 2.10 bits per heavy atom. The van der Waals surface area contributed by atoms with Crippen LogP contribution in [0.15, 0.2) is 39.0 Å². The highest BCUT2D eigenvalue weighted by Gasteiger charge is 2.18. The second-order valence-electron chi connectivity index (χ2n) is 4.00. The number of sulfonamides is 1. The van der Waals surface area contributed by atoms with Crippen LogP contribution in [0.2, 0.25) is 0 Å². The van der Waals surface area contributed by atoms with Crippen molar-refractivity contribution < 1.29 is 18.3 Å². The average Bonchev–Trinajstić information content (AvgIpc) is 2.82. The van der Waals surface area contributed by atoms with E-state index in [2.05, 4.69) is 20.7 Å². The van der Waals surface area contributed by atoms with Gasteiger partial charge < -0.3 is 5.11 Å². The highest BCUT2D eigenvalue weighted by atomic mass is 127. The fraction of sp³-hybridized carbons (Fsp3) is 0.0833. The highest BCUT2D eigenvalue weighted by molar-refractivity contribution is 14.1. The van der Waals surface area contributed by atoms with Crippen molar-refractivity contribution in [3.63, 3.8) is 0 Å². The number of nitrogens with one attached hydrogen (secondary N) is 1. The summed E-state index contributed by atoms with van der Waals surface area (Å²) in [5.74, 6) is -1.15. The summed E-state index contributed by atoms with van der Waals surface area (Å²) in [7, 11) is -3.75. The quantitative estimate of drug-likeness (QED) is 0.616. The molecule has 5 nitrogen and oxygen atoms in total.